The van der Waals surface area contributed by atoms with E-state index in [1.54, 1.807) is 12.1 Å². The molecule has 58 heavy (non-hydrogen) atoms. The Labute approximate surface area is 347 Å². The second-order valence-corrected chi connectivity index (χ2v) is 16.9. The fraction of sp³-hybridized carbons (Fsp3) is 0.683. The molecule has 0 radical (unpaired) electrons. The second-order valence-electron chi connectivity index (χ2n) is 15.1. The van der Waals surface area contributed by atoms with Gasteiger partial charge in [0.1, 0.15) is 42.1 Å². The van der Waals surface area contributed by atoms with Crippen molar-refractivity contribution in [3.05, 3.63) is 58.8 Å². The summed E-state index contributed by atoms with van der Waals surface area (Å²) in [5.74, 6) is -0.375. The summed E-state index contributed by atoms with van der Waals surface area (Å²) < 4.78 is 56.7. The standard InChI is InChI=1S/C41H64ClFN5O9P/c1-3-4-5-6-7-8-9-10-11-12-13-14-15-16-17-18-23-53-26-32(54-25-31-19-20-34(43)33(42)24-31)27-55-58(51,52)56-28-36-38(49)39(50)41(57-36,29-45-2)37-22-21-35-40(44)46-30-47-48(35)37/h19-22,24,29-30,32,36,38-39,49-50H,3-18,23,25-28H2,1-2H3,(H,51,52)(H2,44,46,47)/t32-,36-,38-,39-,41+/m1/s1. The summed E-state index contributed by atoms with van der Waals surface area (Å²) in [6.07, 6.45) is 17.7. The van der Waals surface area contributed by atoms with Gasteiger partial charge in [-0.15, -0.1) is 0 Å². The number of ether oxygens (including phenoxy) is 3. The number of halogens is 2. The van der Waals surface area contributed by atoms with Crippen molar-refractivity contribution in [2.24, 2.45) is 4.99 Å². The van der Waals surface area contributed by atoms with Crippen LogP contribution in [0.5, 0.6) is 0 Å². The number of aliphatic imine (C=N–C) groups is 1. The lowest BCUT2D eigenvalue weighted by Gasteiger charge is -2.27. The van der Waals surface area contributed by atoms with Gasteiger partial charge in [0.05, 0.1) is 37.1 Å². The fourth-order valence-corrected chi connectivity index (χ4v) is 8.11. The summed E-state index contributed by atoms with van der Waals surface area (Å²) in [5.41, 5.74) is 5.60. The van der Waals surface area contributed by atoms with Crippen LogP contribution in [0.3, 0.4) is 0 Å². The molecule has 1 aliphatic rings. The molecule has 0 amide bonds. The van der Waals surface area contributed by atoms with Gasteiger partial charge >= 0.3 is 7.82 Å². The number of hydrogen-bond acceptors (Lipinski definition) is 12. The third-order valence-corrected chi connectivity index (χ3v) is 11.7. The van der Waals surface area contributed by atoms with Crippen molar-refractivity contribution in [3.63, 3.8) is 0 Å². The molecule has 14 nitrogen and oxygen atoms in total. The van der Waals surface area contributed by atoms with Crippen LogP contribution >= 0.6 is 19.4 Å². The minimum Gasteiger partial charge on any atom is -0.387 e. The second kappa shape index (κ2) is 25.3. The number of aromatic nitrogens is 3. The maximum Gasteiger partial charge on any atom is 0.472 e. The number of aliphatic hydroxyl groups excluding tert-OH is 2. The van der Waals surface area contributed by atoms with E-state index in [1.807, 2.05) is 0 Å². The number of unbranched alkanes of at least 4 members (excludes halogenated alkanes) is 15. The first-order valence-electron chi connectivity index (χ1n) is 20.8. The molecule has 3 aromatic rings. The number of benzene rings is 1. The summed E-state index contributed by atoms with van der Waals surface area (Å²) in [7, 11) is -3.28. The molecule has 326 valence electrons. The number of nitrogens with zero attached hydrogens (tertiary/aromatic N) is 4. The van der Waals surface area contributed by atoms with E-state index in [4.69, 9.17) is 40.6 Å². The van der Waals surface area contributed by atoms with Crippen molar-refractivity contribution < 1.29 is 47.3 Å². The number of hydrogen-bond donors (Lipinski definition) is 4. The van der Waals surface area contributed by atoms with E-state index < -0.39 is 50.3 Å². The Kier molecular flexibility index (Phi) is 21.0. The molecule has 6 atom stereocenters. The number of nitrogen functional groups attached to an aromatic ring is 1. The van der Waals surface area contributed by atoms with Crippen molar-refractivity contribution in [2.75, 3.05) is 39.2 Å². The van der Waals surface area contributed by atoms with Crippen molar-refractivity contribution >= 4 is 37.0 Å². The molecule has 0 aliphatic carbocycles. The highest BCUT2D eigenvalue weighted by atomic mass is 35.5. The van der Waals surface area contributed by atoms with Crippen LogP contribution in [0.15, 0.2) is 41.7 Å². The van der Waals surface area contributed by atoms with Crippen LogP contribution in [0.1, 0.15) is 121 Å². The van der Waals surface area contributed by atoms with Crippen molar-refractivity contribution in [1.82, 2.24) is 14.6 Å². The van der Waals surface area contributed by atoms with Gasteiger partial charge in [-0.1, -0.05) is 121 Å². The lowest BCUT2D eigenvalue weighted by atomic mass is 9.92. The van der Waals surface area contributed by atoms with Gasteiger partial charge in [0.15, 0.2) is 11.4 Å². The highest BCUT2D eigenvalue weighted by Gasteiger charge is 2.56. The van der Waals surface area contributed by atoms with E-state index in [-0.39, 0.29) is 30.7 Å². The molecule has 0 spiro atoms. The lowest BCUT2D eigenvalue weighted by molar-refractivity contribution is -0.0626. The average Bonchev–Trinajstić information content (AvgIpc) is 3.75. The lowest BCUT2D eigenvalue weighted by Crippen LogP contribution is -2.43. The summed E-state index contributed by atoms with van der Waals surface area (Å²) in [5, 5.41) is 26.4. The number of nitrogens with two attached hydrogens (primary N) is 1. The maximum atomic E-state index is 13.7. The smallest absolute Gasteiger partial charge is 0.387 e. The molecular formula is C41H64ClFN5O9P. The van der Waals surface area contributed by atoms with Crippen LogP contribution in [0.25, 0.3) is 5.52 Å². The molecule has 1 aromatic carbocycles. The Morgan fingerprint density at radius 1 is 0.983 bits per heavy atom. The Morgan fingerprint density at radius 3 is 2.24 bits per heavy atom. The van der Waals surface area contributed by atoms with Crippen molar-refractivity contribution in [2.45, 2.75) is 146 Å². The quantitative estimate of drug-likeness (QED) is 0.0286. The monoisotopic (exact) mass is 855 g/mol. The number of anilines is 1. The highest BCUT2D eigenvalue weighted by Crippen LogP contribution is 2.46. The summed E-state index contributed by atoms with van der Waals surface area (Å²) in [6.45, 7) is 1.79. The zero-order valence-corrected chi connectivity index (χ0v) is 35.7. The van der Waals surface area contributed by atoms with Gasteiger partial charge in [-0.2, -0.15) is 5.10 Å². The summed E-state index contributed by atoms with van der Waals surface area (Å²) in [4.78, 5) is 18.7. The van der Waals surface area contributed by atoms with E-state index >= 15 is 0 Å². The van der Waals surface area contributed by atoms with Gasteiger partial charge in [0.25, 0.3) is 0 Å². The third-order valence-electron chi connectivity index (χ3n) is 10.4. The normalized spacial score (nSPS) is 21.3. The van der Waals surface area contributed by atoms with Crippen LogP contribution in [0.4, 0.5) is 10.2 Å². The number of fused-ring (bicyclic) bond motifs is 1. The van der Waals surface area contributed by atoms with Crippen LogP contribution in [-0.2, 0) is 40.0 Å². The SMILES string of the molecule is CCCCCCCCCCCCCCCCCCOC[C@H](COP(=O)(O)OC[C@H]1O[C@@](C=NC)(c2ccc3c(N)ncnn23)[C@H](O)[C@@H]1O)OCc1ccc(F)c(Cl)c1. The first-order valence-corrected chi connectivity index (χ1v) is 22.7. The van der Waals surface area contributed by atoms with Gasteiger partial charge in [-0.25, -0.2) is 18.5 Å². The molecule has 0 bridgehead atoms. The molecular weight excluding hydrogens is 792 g/mol. The van der Waals surface area contributed by atoms with Crippen molar-refractivity contribution in [1.29, 1.82) is 0 Å². The molecule has 5 N–H and O–H groups in total. The molecule has 1 fully saturated rings. The van der Waals surface area contributed by atoms with Crippen LogP contribution in [-0.4, -0.2) is 93.8 Å². The molecule has 1 aliphatic heterocycles. The first kappa shape index (κ1) is 48.1. The highest BCUT2D eigenvalue weighted by molar-refractivity contribution is 7.47. The van der Waals surface area contributed by atoms with E-state index in [0.29, 0.717) is 23.4 Å². The zero-order valence-electron chi connectivity index (χ0n) is 34.1. The van der Waals surface area contributed by atoms with Gasteiger partial charge in [0.2, 0.25) is 0 Å². The maximum absolute atomic E-state index is 13.7. The molecule has 0 saturated carbocycles. The van der Waals surface area contributed by atoms with Crippen LogP contribution in [0.2, 0.25) is 5.02 Å². The zero-order chi connectivity index (χ0) is 41.8. The van der Waals surface area contributed by atoms with E-state index in [1.165, 1.54) is 126 Å². The summed E-state index contributed by atoms with van der Waals surface area (Å²) >= 11 is 5.94. The predicted molar refractivity (Wildman–Crippen MR) is 222 cm³/mol. The summed E-state index contributed by atoms with van der Waals surface area (Å²) in [6, 6.07) is 7.43. The molecule has 1 saturated heterocycles. The Hall–Kier alpha value is -2.56. The Bertz CT molecular complexity index is 1720. The largest absolute Gasteiger partial charge is 0.472 e. The van der Waals surface area contributed by atoms with Gasteiger partial charge < -0.3 is 35.1 Å². The Balaban J connectivity index is 1.20. The number of phosphoric ester groups is 1. The molecule has 1 unspecified atom stereocenters. The number of phosphoric acid groups is 1. The molecule has 3 heterocycles. The number of aliphatic hydroxyl groups is 2. The minimum atomic E-state index is -4.75. The van der Waals surface area contributed by atoms with Gasteiger partial charge in [0, 0.05) is 19.9 Å². The minimum absolute atomic E-state index is 0.0130. The average molecular weight is 856 g/mol. The van der Waals surface area contributed by atoms with E-state index in [9.17, 15) is 24.1 Å². The predicted octanol–water partition coefficient (Wildman–Crippen LogP) is 8.12. The van der Waals surface area contributed by atoms with Crippen LogP contribution in [0, 0.1) is 5.82 Å². The fourth-order valence-electron chi connectivity index (χ4n) is 7.14. The van der Waals surface area contributed by atoms with Gasteiger partial charge in [-0.3, -0.25) is 14.0 Å². The molecule has 4 rings (SSSR count). The third kappa shape index (κ3) is 14.9. The van der Waals surface area contributed by atoms with Crippen molar-refractivity contribution in [3.8, 4) is 0 Å². The van der Waals surface area contributed by atoms with E-state index in [0.717, 1.165) is 19.3 Å². The molecule has 2 aromatic heterocycles. The van der Waals surface area contributed by atoms with Crippen LogP contribution < -0.4 is 5.73 Å². The Morgan fingerprint density at radius 2 is 1.62 bits per heavy atom. The topological polar surface area (TPSA) is 192 Å². The first-order chi connectivity index (χ1) is 28.0. The molecule has 17 heteroatoms. The number of rotatable bonds is 30. The van der Waals surface area contributed by atoms with E-state index in [2.05, 4.69) is 22.0 Å². The van der Waals surface area contributed by atoms with Gasteiger partial charge in [-0.05, 0) is 36.2 Å².